The minimum absolute atomic E-state index is 0.0154. The molecule has 0 unspecified atom stereocenters. The van der Waals surface area contributed by atoms with E-state index in [1.54, 1.807) is 0 Å². The molecule has 0 aromatic heterocycles. The van der Waals surface area contributed by atoms with Gasteiger partial charge in [-0.2, -0.15) is 0 Å². The number of ether oxygens (including phenoxy) is 1. The van der Waals surface area contributed by atoms with Gasteiger partial charge in [-0.05, 0) is 13.0 Å². The Balaban J connectivity index is 3.34. The van der Waals surface area contributed by atoms with Crippen molar-refractivity contribution in [1.82, 2.24) is 0 Å². The first kappa shape index (κ1) is 12.8. The normalized spacial score (nSPS) is 9.76. The fourth-order valence-corrected chi connectivity index (χ4v) is 1.19. The zero-order valence-corrected chi connectivity index (χ0v) is 8.81. The summed E-state index contributed by atoms with van der Waals surface area (Å²) >= 11 is 0. The van der Waals surface area contributed by atoms with Crippen molar-refractivity contribution < 1.29 is 23.6 Å². The Kier molecular flexibility index (Phi) is 3.86. The van der Waals surface area contributed by atoms with Crippen LogP contribution < -0.4 is 0 Å². The highest BCUT2D eigenvalue weighted by Crippen LogP contribution is 2.22. The van der Waals surface area contributed by atoms with Gasteiger partial charge < -0.3 is 4.74 Å². The molecule has 0 aliphatic carbocycles. The first-order valence-electron chi connectivity index (χ1n) is 4.61. The van der Waals surface area contributed by atoms with Gasteiger partial charge in [-0.1, -0.05) is 0 Å². The molecule has 0 aliphatic rings. The Morgan fingerprint density at radius 2 is 2.24 bits per heavy atom. The number of aldehydes is 1. The maximum atomic E-state index is 13.4. The van der Waals surface area contributed by atoms with Crippen molar-refractivity contribution in [2.75, 3.05) is 6.61 Å². The molecule has 7 heteroatoms. The fourth-order valence-electron chi connectivity index (χ4n) is 1.19. The second kappa shape index (κ2) is 5.15. The maximum Gasteiger partial charge on any atom is 0.341 e. The van der Waals surface area contributed by atoms with E-state index in [-0.39, 0.29) is 12.9 Å². The summed E-state index contributed by atoms with van der Waals surface area (Å²) in [6, 6.07) is 1.33. The van der Waals surface area contributed by atoms with E-state index in [0.29, 0.717) is 12.1 Å². The lowest BCUT2D eigenvalue weighted by Gasteiger charge is -2.04. The van der Waals surface area contributed by atoms with Gasteiger partial charge in [0.05, 0.1) is 17.1 Å². The number of hydrogen-bond acceptors (Lipinski definition) is 5. The summed E-state index contributed by atoms with van der Waals surface area (Å²) in [5.41, 5.74) is -1.63. The second-order valence-electron chi connectivity index (χ2n) is 2.99. The van der Waals surface area contributed by atoms with Crippen LogP contribution in [0.15, 0.2) is 12.1 Å². The van der Waals surface area contributed by atoms with Crippen molar-refractivity contribution in [2.24, 2.45) is 0 Å². The Morgan fingerprint density at radius 3 is 2.71 bits per heavy atom. The number of nitrogens with zero attached hydrogens (tertiary/aromatic N) is 1. The number of esters is 1. The average Bonchev–Trinajstić information content (AvgIpc) is 2.28. The number of carbonyl (C=O) groups excluding carboxylic acids is 2. The summed E-state index contributed by atoms with van der Waals surface area (Å²) in [5, 5.41) is 10.6. The number of carbonyl (C=O) groups is 2. The minimum atomic E-state index is -1.03. The van der Waals surface area contributed by atoms with Crippen LogP contribution in [0.4, 0.5) is 10.1 Å². The van der Waals surface area contributed by atoms with E-state index in [2.05, 4.69) is 4.74 Å². The highest BCUT2D eigenvalue weighted by Gasteiger charge is 2.22. The third-order valence-electron chi connectivity index (χ3n) is 1.94. The van der Waals surface area contributed by atoms with E-state index in [1.165, 1.54) is 6.92 Å². The number of nitro benzene ring substituents is 1. The van der Waals surface area contributed by atoms with Crippen molar-refractivity contribution in [1.29, 1.82) is 0 Å². The predicted octanol–water partition coefficient (Wildman–Crippen LogP) is 1.72. The van der Waals surface area contributed by atoms with Gasteiger partial charge in [0.25, 0.3) is 5.69 Å². The second-order valence-corrected chi connectivity index (χ2v) is 2.99. The molecule has 0 atom stereocenters. The molecule has 6 nitrogen and oxygen atoms in total. The number of nitro groups is 1. The first-order chi connectivity index (χ1) is 8.01. The van der Waals surface area contributed by atoms with E-state index in [9.17, 15) is 24.1 Å². The molecule has 0 amide bonds. The molecular formula is C10H8FNO5. The van der Waals surface area contributed by atoms with Crippen molar-refractivity contribution in [3.63, 3.8) is 0 Å². The molecule has 0 fully saturated rings. The van der Waals surface area contributed by atoms with Crippen molar-refractivity contribution in [3.8, 4) is 0 Å². The lowest BCUT2D eigenvalue weighted by atomic mass is 10.1. The molecule has 1 rings (SSSR count). The summed E-state index contributed by atoms with van der Waals surface area (Å²) in [4.78, 5) is 31.5. The molecule has 90 valence electrons. The smallest absolute Gasteiger partial charge is 0.341 e. The molecule has 0 spiro atoms. The van der Waals surface area contributed by atoms with Crippen LogP contribution in [0.5, 0.6) is 0 Å². The summed E-state index contributed by atoms with van der Waals surface area (Å²) in [6.45, 7) is 1.53. The maximum absolute atomic E-state index is 13.4. The van der Waals surface area contributed by atoms with Gasteiger partial charge in [-0.15, -0.1) is 0 Å². The number of benzene rings is 1. The van der Waals surface area contributed by atoms with E-state index in [1.807, 2.05) is 0 Å². The summed E-state index contributed by atoms with van der Waals surface area (Å²) in [5.74, 6) is -2.04. The highest BCUT2D eigenvalue weighted by molar-refractivity contribution is 5.93. The Labute approximate surface area is 95.1 Å². The van der Waals surface area contributed by atoms with Gasteiger partial charge in [-0.25, -0.2) is 9.18 Å². The van der Waals surface area contributed by atoms with Crippen molar-refractivity contribution >= 4 is 17.9 Å². The quantitative estimate of drug-likeness (QED) is 0.346. The minimum Gasteiger partial charge on any atom is -0.462 e. The fraction of sp³-hybridized carbons (Fsp3) is 0.200. The van der Waals surface area contributed by atoms with Crippen molar-refractivity contribution in [2.45, 2.75) is 6.92 Å². The topological polar surface area (TPSA) is 86.5 Å². The van der Waals surface area contributed by atoms with E-state index in [0.717, 1.165) is 0 Å². The Hall–Kier alpha value is -2.31. The lowest BCUT2D eigenvalue weighted by molar-refractivity contribution is -0.385. The molecule has 0 N–H and O–H groups in total. The lowest BCUT2D eigenvalue weighted by Crippen LogP contribution is -2.09. The van der Waals surface area contributed by atoms with Crippen LogP contribution in [0.3, 0.4) is 0 Å². The standard InChI is InChI=1S/C10H8FNO5/c1-2-17-10(14)7-4-9(12(15)16)6(5-13)3-8(7)11/h3-5H,2H2,1H3. The number of halogens is 1. The summed E-state index contributed by atoms with van der Waals surface area (Å²) in [6.07, 6.45) is 0.149. The number of rotatable bonds is 4. The van der Waals surface area contributed by atoms with Crippen LogP contribution in [0.2, 0.25) is 0 Å². The molecule has 0 saturated carbocycles. The monoisotopic (exact) mass is 241 g/mol. The molecule has 1 aromatic carbocycles. The van der Waals surface area contributed by atoms with Gasteiger partial charge in [0, 0.05) is 6.07 Å². The van der Waals surface area contributed by atoms with Crippen LogP contribution in [0, 0.1) is 15.9 Å². The van der Waals surface area contributed by atoms with E-state index in [4.69, 9.17) is 0 Å². The van der Waals surface area contributed by atoms with E-state index < -0.39 is 33.5 Å². The zero-order chi connectivity index (χ0) is 13.0. The van der Waals surface area contributed by atoms with Gasteiger partial charge in [-0.3, -0.25) is 14.9 Å². The molecule has 0 bridgehead atoms. The summed E-state index contributed by atoms with van der Waals surface area (Å²) < 4.78 is 17.9. The number of hydrogen-bond donors (Lipinski definition) is 0. The van der Waals surface area contributed by atoms with Gasteiger partial charge in [0.2, 0.25) is 0 Å². The largest absolute Gasteiger partial charge is 0.462 e. The third-order valence-corrected chi connectivity index (χ3v) is 1.94. The third kappa shape index (κ3) is 2.63. The van der Waals surface area contributed by atoms with Crippen LogP contribution in [-0.4, -0.2) is 23.8 Å². The van der Waals surface area contributed by atoms with Crippen molar-refractivity contribution in [3.05, 3.63) is 39.2 Å². The van der Waals surface area contributed by atoms with Gasteiger partial charge in [0.1, 0.15) is 11.4 Å². The van der Waals surface area contributed by atoms with E-state index >= 15 is 0 Å². The van der Waals surface area contributed by atoms with Crippen LogP contribution >= 0.6 is 0 Å². The molecular weight excluding hydrogens is 233 g/mol. The molecule has 0 heterocycles. The SMILES string of the molecule is CCOC(=O)c1cc([N+](=O)[O-])c(C=O)cc1F. The molecule has 0 radical (unpaired) electrons. The first-order valence-corrected chi connectivity index (χ1v) is 4.61. The zero-order valence-electron chi connectivity index (χ0n) is 8.81. The predicted molar refractivity (Wildman–Crippen MR) is 54.4 cm³/mol. The Bertz CT molecular complexity index is 486. The van der Waals surface area contributed by atoms with Crippen LogP contribution in [-0.2, 0) is 4.74 Å². The molecule has 0 aliphatic heterocycles. The van der Waals surface area contributed by atoms with Gasteiger partial charge in [0.15, 0.2) is 6.29 Å². The molecule has 17 heavy (non-hydrogen) atoms. The highest BCUT2D eigenvalue weighted by atomic mass is 19.1. The van der Waals surface area contributed by atoms with Crippen LogP contribution in [0.1, 0.15) is 27.6 Å². The summed E-state index contributed by atoms with van der Waals surface area (Å²) in [7, 11) is 0. The molecule has 1 aromatic rings. The van der Waals surface area contributed by atoms with Crippen LogP contribution in [0.25, 0.3) is 0 Å². The van der Waals surface area contributed by atoms with Gasteiger partial charge >= 0.3 is 5.97 Å². The Morgan fingerprint density at radius 1 is 1.59 bits per heavy atom. The average molecular weight is 241 g/mol. The molecule has 0 saturated heterocycles.